The molecule has 0 aromatic heterocycles. The summed E-state index contributed by atoms with van der Waals surface area (Å²) >= 11 is 0. The Morgan fingerprint density at radius 1 is 1.57 bits per heavy atom. The van der Waals surface area contributed by atoms with Gasteiger partial charge in [-0.05, 0) is 24.1 Å². The molecule has 0 saturated heterocycles. The molecule has 0 aliphatic rings. The Morgan fingerprint density at radius 3 is 3.00 bits per heavy atom. The maximum atomic E-state index is 10.1. The van der Waals surface area contributed by atoms with E-state index in [-0.39, 0.29) is 0 Å². The molecule has 14 heavy (non-hydrogen) atoms. The number of benzene rings is 1. The van der Waals surface area contributed by atoms with Crippen LogP contribution in [-0.4, -0.2) is 19.7 Å². The lowest BCUT2D eigenvalue weighted by molar-refractivity contribution is -0.250. The van der Waals surface area contributed by atoms with E-state index in [2.05, 4.69) is 5.32 Å². The highest BCUT2D eigenvalue weighted by atomic mass is 16.5. The summed E-state index contributed by atoms with van der Waals surface area (Å²) in [6, 6.07) is 7.50. The Balaban J connectivity index is 2.46. The average molecular weight is 194 g/mol. The number of carbonyl (C=O) groups is 1. The van der Waals surface area contributed by atoms with Crippen LogP contribution in [0.5, 0.6) is 5.75 Å². The molecule has 1 N–H and O–H groups in total. The number of amides is 1. The Morgan fingerprint density at radius 2 is 2.36 bits per heavy atom. The first-order valence-corrected chi connectivity index (χ1v) is 4.30. The molecule has 4 nitrogen and oxygen atoms in total. The fourth-order valence-corrected chi connectivity index (χ4v) is 1.14. The maximum absolute atomic E-state index is 10.1. The molecule has 0 aliphatic heterocycles. The lowest BCUT2D eigenvalue weighted by Crippen LogP contribution is -2.37. The third-order valence-corrected chi connectivity index (χ3v) is 1.82. The van der Waals surface area contributed by atoms with Gasteiger partial charge >= 0.3 is 0 Å². The van der Waals surface area contributed by atoms with Crippen molar-refractivity contribution in [3.8, 4) is 5.75 Å². The molecule has 0 spiro atoms. The summed E-state index contributed by atoms with van der Waals surface area (Å²) in [7, 11) is 1.60. The van der Waals surface area contributed by atoms with Crippen molar-refractivity contribution in [2.45, 2.75) is 6.42 Å². The van der Waals surface area contributed by atoms with E-state index in [9.17, 15) is 9.90 Å². The van der Waals surface area contributed by atoms with Crippen molar-refractivity contribution in [3.05, 3.63) is 29.8 Å². The molecule has 1 aromatic rings. The fourth-order valence-electron chi connectivity index (χ4n) is 1.14. The van der Waals surface area contributed by atoms with Crippen LogP contribution >= 0.6 is 0 Å². The second-order valence-electron chi connectivity index (χ2n) is 2.82. The highest BCUT2D eigenvalue weighted by Gasteiger charge is 1.95. The molecule has 1 rings (SSSR count). The molecule has 1 aromatic carbocycles. The lowest BCUT2D eigenvalue weighted by Gasteiger charge is -2.07. The summed E-state index contributed by atoms with van der Waals surface area (Å²) in [6.07, 6.45) is -0.613. The molecule has 0 radical (unpaired) electrons. The van der Waals surface area contributed by atoms with Gasteiger partial charge in [-0.15, -0.1) is 0 Å². The van der Waals surface area contributed by atoms with Crippen molar-refractivity contribution in [2.24, 2.45) is 0 Å². The molecule has 1 amide bonds. The van der Waals surface area contributed by atoms with Crippen LogP contribution in [0.4, 0.5) is 4.79 Å². The molecule has 4 heteroatoms. The van der Waals surface area contributed by atoms with Gasteiger partial charge in [0.1, 0.15) is 11.8 Å². The summed E-state index contributed by atoms with van der Waals surface area (Å²) in [5, 5.41) is 12.3. The van der Waals surface area contributed by atoms with Crippen molar-refractivity contribution in [2.75, 3.05) is 13.7 Å². The molecule has 0 heterocycles. The van der Waals surface area contributed by atoms with Crippen molar-refractivity contribution in [3.63, 3.8) is 0 Å². The van der Waals surface area contributed by atoms with Gasteiger partial charge in [-0.25, -0.2) is 0 Å². The largest absolute Gasteiger partial charge is 0.530 e. The van der Waals surface area contributed by atoms with E-state index in [4.69, 9.17) is 4.74 Å². The highest BCUT2D eigenvalue weighted by Crippen LogP contribution is 2.12. The number of hydrogen-bond donors (Lipinski definition) is 1. The van der Waals surface area contributed by atoms with Gasteiger partial charge < -0.3 is 20.0 Å². The van der Waals surface area contributed by atoms with E-state index in [0.717, 1.165) is 11.3 Å². The molecule has 0 saturated carbocycles. The number of carboxylic acid groups (broad SMARTS) is 1. The van der Waals surface area contributed by atoms with Gasteiger partial charge in [-0.3, -0.25) is 0 Å². The second kappa shape index (κ2) is 5.11. The maximum Gasteiger partial charge on any atom is 0.134 e. The number of nitrogens with one attached hydrogen (secondary N) is 1. The van der Waals surface area contributed by atoms with Gasteiger partial charge in [0, 0.05) is 6.54 Å². The van der Waals surface area contributed by atoms with Crippen molar-refractivity contribution < 1.29 is 14.6 Å². The lowest BCUT2D eigenvalue weighted by atomic mass is 10.1. The van der Waals surface area contributed by atoms with Crippen LogP contribution in [0.2, 0.25) is 0 Å². The van der Waals surface area contributed by atoms with E-state index in [1.54, 1.807) is 7.11 Å². The van der Waals surface area contributed by atoms with Crippen LogP contribution < -0.4 is 15.2 Å². The first kappa shape index (κ1) is 10.4. The summed E-state index contributed by atoms with van der Waals surface area (Å²) in [4.78, 5) is 10.1. The van der Waals surface area contributed by atoms with Crippen LogP contribution in [0.15, 0.2) is 24.3 Å². The first-order valence-electron chi connectivity index (χ1n) is 4.30. The van der Waals surface area contributed by atoms with Gasteiger partial charge in [0.25, 0.3) is 0 Å². The predicted molar refractivity (Wildman–Crippen MR) is 50.1 cm³/mol. The Bertz CT molecular complexity index is 312. The van der Waals surface area contributed by atoms with Crippen molar-refractivity contribution in [1.82, 2.24) is 5.32 Å². The second-order valence-corrected chi connectivity index (χ2v) is 2.82. The minimum Gasteiger partial charge on any atom is -0.530 e. The topological polar surface area (TPSA) is 61.4 Å². The zero-order chi connectivity index (χ0) is 10.4. The van der Waals surface area contributed by atoms with E-state index in [1.807, 2.05) is 24.3 Å². The highest BCUT2D eigenvalue weighted by molar-refractivity contribution is 5.61. The third-order valence-electron chi connectivity index (χ3n) is 1.82. The number of ether oxygens (including phenoxy) is 1. The fraction of sp³-hybridized carbons (Fsp3) is 0.300. The molecular formula is C10H12NO3-. The number of methoxy groups -OCH3 is 1. The average Bonchev–Trinajstić information content (AvgIpc) is 2.18. The monoisotopic (exact) mass is 194 g/mol. The smallest absolute Gasteiger partial charge is 0.134 e. The van der Waals surface area contributed by atoms with Crippen LogP contribution in [0, 0.1) is 0 Å². The standard InChI is InChI=1S/C10H13NO3/c1-14-9-4-2-3-8(7-9)5-6-11-10(12)13/h2-4,7,11H,5-6H2,1H3,(H,12,13)/p-1. The van der Waals surface area contributed by atoms with Gasteiger partial charge in [0.05, 0.1) is 7.11 Å². The quantitative estimate of drug-likeness (QED) is 0.743. The number of hydrogen-bond acceptors (Lipinski definition) is 3. The van der Waals surface area contributed by atoms with Crippen LogP contribution in [-0.2, 0) is 6.42 Å². The Hall–Kier alpha value is -1.71. The summed E-state index contributed by atoms with van der Waals surface area (Å²) < 4.78 is 5.03. The van der Waals surface area contributed by atoms with E-state index in [1.165, 1.54) is 0 Å². The van der Waals surface area contributed by atoms with Crippen LogP contribution in [0.25, 0.3) is 0 Å². The van der Waals surface area contributed by atoms with Gasteiger partial charge in [0.2, 0.25) is 0 Å². The minimum absolute atomic E-state index is 0.357. The molecule has 0 bridgehead atoms. The third kappa shape index (κ3) is 3.35. The van der Waals surface area contributed by atoms with Crippen molar-refractivity contribution >= 4 is 6.09 Å². The normalized spacial score (nSPS) is 9.50. The van der Waals surface area contributed by atoms with E-state index >= 15 is 0 Å². The molecule has 0 aliphatic carbocycles. The van der Waals surface area contributed by atoms with E-state index in [0.29, 0.717) is 13.0 Å². The summed E-state index contributed by atoms with van der Waals surface area (Å²) in [5.41, 5.74) is 1.03. The SMILES string of the molecule is COc1cccc(CCNC(=O)[O-])c1. The van der Waals surface area contributed by atoms with Gasteiger partial charge in [-0.1, -0.05) is 12.1 Å². The molecular weight excluding hydrogens is 182 g/mol. The Labute approximate surface area is 82.5 Å². The zero-order valence-electron chi connectivity index (χ0n) is 7.95. The molecule has 0 unspecified atom stereocenters. The van der Waals surface area contributed by atoms with Gasteiger partial charge in [-0.2, -0.15) is 0 Å². The molecule has 0 atom stereocenters. The number of rotatable bonds is 4. The van der Waals surface area contributed by atoms with Gasteiger partial charge in [0.15, 0.2) is 0 Å². The first-order chi connectivity index (χ1) is 6.72. The number of carbonyl (C=O) groups excluding carboxylic acids is 1. The van der Waals surface area contributed by atoms with Crippen LogP contribution in [0.3, 0.4) is 0 Å². The summed E-state index contributed by atoms with van der Waals surface area (Å²) in [5.74, 6) is 0.774. The van der Waals surface area contributed by atoms with E-state index < -0.39 is 6.09 Å². The Kier molecular flexibility index (Phi) is 3.79. The summed E-state index contributed by atoms with van der Waals surface area (Å²) in [6.45, 7) is 0.357. The van der Waals surface area contributed by atoms with Crippen LogP contribution in [0.1, 0.15) is 5.56 Å². The predicted octanol–water partition coefficient (Wildman–Crippen LogP) is 0.171. The van der Waals surface area contributed by atoms with Crippen molar-refractivity contribution in [1.29, 1.82) is 0 Å². The minimum atomic E-state index is -1.24. The molecule has 0 fully saturated rings. The molecule has 76 valence electrons. The zero-order valence-corrected chi connectivity index (χ0v) is 7.95.